The Hall–Kier alpha value is -2.86. The zero-order chi connectivity index (χ0) is 17.6. The third-order valence-electron chi connectivity index (χ3n) is 3.92. The molecule has 0 fully saturated rings. The van der Waals surface area contributed by atoms with E-state index in [-0.39, 0.29) is 5.91 Å². The molecule has 1 amide bonds. The Bertz CT molecular complexity index is 912. The van der Waals surface area contributed by atoms with E-state index < -0.39 is 5.76 Å². The average Bonchev–Trinajstić information content (AvgIpc) is 2.94. The van der Waals surface area contributed by atoms with Crippen LogP contribution < -0.4 is 11.1 Å². The average molecular weight is 340 g/mol. The normalized spacial score (nSPS) is 10.9. The molecule has 1 aromatic heterocycles. The number of oxazole rings is 1. The highest BCUT2D eigenvalue weighted by atomic mass is 16.5. The first kappa shape index (κ1) is 17.0. The summed E-state index contributed by atoms with van der Waals surface area (Å²) in [5, 5.41) is 2.84. The molecule has 6 heteroatoms. The maximum absolute atomic E-state index is 12.3. The second kappa shape index (κ2) is 7.81. The van der Waals surface area contributed by atoms with Gasteiger partial charge in [0.15, 0.2) is 5.58 Å². The third-order valence-corrected chi connectivity index (χ3v) is 3.92. The van der Waals surface area contributed by atoms with Crippen molar-refractivity contribution >= 4 is 17.0 Å². The maximum Gasteiger partial charge on any atom is 0.420 e. The topological polar surface area (TPSA) is 73.5 Å². The lowest BCUT2D eigenvalue weighted by Crippen LogP contribution is -2.25. The van der Waals surface area contributed by atoms with Gasteiger partial charge in [-0.25, -0.2) is 4.79 Å². The number of hydrogen-bond donors (Lipinski definition) is 1. The smallest absolute Gasteiger partial charge is 0.408 e. The molecule has 0 saturated heterocycles. The lowest BCUT2D eigenvalue weighted by atomic mass is 10.1. The van der Waals surface area contributed by atoms with Crippen molar-refractivity contribution in [2.75, 3.05) is 20.3 Å². The molecule has 6 nitrogen and oxygen atoms in total. The number of fused-ring (bicyclic) bond motifs is 1. The Morgan fingerprint density at radius 2 is 2.00 bits per heavy atom. The van der Waals surface area contributed by atoms with Crippen molar-refractivity contribution in [2.45, 2.75) is 13.0 Å². The molecule has 0 aliphatic heterocycles. The van der Waals surface area contributed by atoms with E-state index in [1.54, 1.807) is 25.3 Å². The summed E-state index contributed by atoms with van der Waals surface area (Å²) in [5.74, 6) is -0.616. The second-order valence-corrected chi connectivity index (χ2v) is 5.72. The molecule has 1 heterocycles. The second-order valence-electron chi connectivity index (χ2n) is 5.72. The van der Waals surface area contributed by atoms with Crippen LogP contribution in [0.5, 0.6) is 0 Å². The monoisotopic (exact) mass is 340 g/mol. The van der Waals surface area contributed by atoms with Crippen LogP contribution in [0, 0.1) is 0 Å². The summed E-state index contributed by atoms with van der Waals surface area (Å²) >= 11 is 0. The van der Waals surface area contributed by atoms with Crippen LogP contribution in [0.1, 0.15) is 22.3 Å². The minimum Gasteiger partial charge on any atom is -0.408 e. The fourth-order valence-electron chi connectivity index (χ4n) is 2.64. The number of methoxy groups -OCH3 is 1. The number of aromatic nitrogens is 1. The molecule has 2 aromatic carbocycles. The number of hydrogen-bond acceptors (Lipinski definition) is 4. The van der Waals surface area contributed by atoms with Crippen molar-refractivity contribution in [3.63, 3.8) is 0 Å². The Morgan fingerprint density at radius 1 is 1.20 bits per heavy atom. The van der Waals surface area contributed by atoms with Crippen LogP contribution in [-0.4, -0.2) is 30.7 Å². The summed E-state index contributed by atoms with van der Waals surface area (Å²) in [6.45, 7) is 1.52. The molecule has 3 rings (SSSR count). The zero-order valence-electron chi connectivity index (χ0n) is 14.0. The van der Waals surface area contributed by atoms with Crippen LogP contribution in [0.2, 0.25) is 0 Å². The number of ether oxygens (including phenoxy) is 1. The van der Waals surface area contributed by atoms with Gasteiger partial charge in [0.2, 0.25) is 0 Å². The largest absolute Gasteiger partial charge is 0.420 e. The predicted octanol–water partition coefficient (Wildman–Crippen LogP) is 2.41. The molecule has 0 radical (unpaired) electrons. The van der Waals surface area contributed by atoms with Crippen molar-refractivity contribution in [3.05, 3.63) is 70.2 Å². The molecule has 25 heavy (non-hydrogen) atoms. The lowest BCUT2D eigenvalue weighted by Gasteiger charge is -2.06. The molecule has 130 valence electrons. The predicted molar refractivity (Wildman–Crippen MR) is 94.8 cm³/mol. The SMILES string of the molecule is COCCCNC(=O)c1ccc2oc(=O)n(Cc3ccccc3)c2c1. The van der Waals surface area contributed by atoms with Crippen molar-refractivity contribution < 1.29 is 13.9 Å². The minimum absolute atomic E-state index is 0.182. The van der Waals surface area contributed by atoms with Crippen LogP contribution in [0.4, 0.5) is 0 Å². The van der Waals surface area contributed by atoms with Crippen LogP contribution in [-0.2, 0) is 11.3 Å². The molecule has 0 spiro atoms. The van der Waals surface area contributed by atoms with Gasteiger partial charge in [-0.2, -0.15) is 0 Å². The van der Waals surface area contributed by atoms with Gasteiger partial charge in [-0.3, -0.25) is 9.36 Å². The highest BCUT2D eigenvalue weighted by Gasteiger charge is 2.13. The van der Waals surface area contributed by atoms with E-state index >= 15 is 0 Å². The first-order valence-corrected chi connectivity index (χ1v) is 8.13. The Kier molecular flexibility index (Phi) is 5.30. The zero-order valence-corrected chi connectivity index (χ0v) is 14.0. The Morgan fingerprint density at radius 3 is 2.76 bits per heavy atom. The van der Waals surface area contributed by atoms with E-state index in [4.69, 9.17) is 9.15 Å². The number of rotatable bonds is 7. The molecule has 0 bridgehead atoms. The summed E-state index contributed by atoms with van der Waals surface area (Å²) < 4.78 is 11.8. The third kappa shape index (κ3) is 3.97. The van der Waals surface area contributed by atoms with Crippen molar-refractivity contribution in [3.8, 4) is 0 Å². The number of amides is 1. The molecular weight excluding hydrogens is 320 g/mol. The highest BCUT2D eigenvalue weighted by molar-refractivity contribution is 5.97. The number of carbonyl (C=O) groups excluding carboxylic acids is 1. The Labute approximate surface area is 145 Å². The molecule has 0 aliphatic rings. The van der Waals surface area contributed by atoms with Crippen LogP contribution >= 0.6 is 0 Å². The molecule has 3 aromatic rings. The number of nitrogens with zero attached hydrogens (tertiary/aromatic N) is 1. The maximum atomic E-state index is 12.3. The van der Waals surface area contributed by atoms with Crippen molar-refractivity contribution in [1.29, 1.82) is 0 Å². The first-order valence-electron chi connectivity index (χ1n) is 8.13. The van der Waals surface area contributed by atoms with Gasteiger partial charge in [0.05, 0.1) is 12.1 Å². The van der Waals surface area contributed by atoms with E-state index in [1.165, 1.54) is 4.57 Å². The van der Waals surface area contributed by atoms with Gasteiger partial charge in [-0.05, 0) is 30.2 Å². The number of nitrogens with one attached hydrogen (secondary N) is 1. The van der Waals surface area contributed by atoms with E-state index in [2.05, 4.69) is 5.32 Å². The van der Waals surface area contributed by atoms with Gasteiger partial charge < -0.3 is 14.5 Å². The standard InChI is InChI=1S/C19H20N2O4/c1-24-11-5-10-20-18(22)15-8-9-17-16(12-15)21(19(23)25-17)13-14-6-3-2-4-7-14/h2-4,6-9,12H,5,10-11,13H2,1H3,(H,20,22). The van der Waals surface area contributed by atoms with Crippen LogP contribution in [0.3, 0.4) is 0 Å². The van der Waals surface area contributed by atoms with Gasteiger partial charge >= 0.3 is 5.76 Å². The van der Waals surface area contributed by atoms with Gasteiger partial charge in [0, 0.05) is 25.8 Å². The fraction of sp³-hybridized carbons (Fsp3) is 0.263. The van der Waals surface area contributed by atoms with Gasteiger partial charge in [-0.15, -0.1) is 0 Å². The summed E-state index contributed by atoms with van der Waals surface area (Å²) in [5.41, 5.74) is 2.56. The quantitative estimate of drug-likeness (QED) is 0.670. The molecule has 0 saturated carbocycles. The molecule has 0 aliphatic carbocycles. The Balaban J connectivity index is 1.85. The summed E-state index contributed by atoms with van der Waals surface area (Å²) in [4.78, 5) is 24.4. The minimum atomic E-state index is -0.434. The lowest BCUT2D eigenvalue weighted by molar-refractivity contribution is 0.0948. The molecule has 0 atom stereocenters. The molecular formula is C19H20N2O4. The van der Waals surface area contributed by atoms with Crippen molar-refractivity contribution in [1.82, 2.24) is 9.88 Å². The van der Waals surface area contributed by atoms with Gasteiger partial charge in [0.1, 0.15) is 0 Å². The van der Waals surface area contributed by atoms with Gasteiger partial charge in [0.25, 0.3) is 5.91 Å². The summed E-state index contributed by atoms with van der Waals surface area (Å²) in [7, 11) is 1.63. The van der Waals surface area contributed by atoms with Gasteiger partial charge in [-0.1, -0.05) is 30.3 Å². The van der Waals surface area contributed by atoms with E-state index in [0.717, 1.165) is 12.0 Å². The van der Waals surface area contributed by atoms with Crippen molar-refractivity contribution in [2.24, 2.45) is 0 Å². The van der Waals surface area contributed by atoms with E-state index in [9.17, 15) is 9.59 Å². The highest BCUT2D eigenvalue weighted by Crippen LogP contribution is 2.16. The first-order chi connectivity index (χ1) is 12.2. The summed E-state index contributed by atoms with van der Waals surface area (Å²) in [6.07, 6.45) is 0.745. The fourth-order valence-corrected chi connectivity index (χ4v) is 2.64. The number of benzene rings is 2. The summed E-state index contributed by atoms with van der Waals surface area (Å²) in [6, 6.07) is 14.6. The number of carbonyl (C=O) groups is 1. The molecule has 0 unspecified atom stereocenters. The van der Waals surface area contributed by atoms with Crippen LogP contribution in [0.25, 0.3) is 11.1 Å². The van der Waals surface area contributed by atoms with E-state index in [0.29, 0.717) is 36.4 Å². The molecule has 1 N–H and O–H groups in total. The van der Waals surface area contributed by atoms with E-state index in [1.807, 2.05) is 30.3 Å². The van der Waals surface area contributed by atoms with Crippen LogP contribution in [0.15, 0.2) is 57.7 Å².